The third kappa shape index (κ3) is 75.7. The molecule has 13 heavy (non-hydrogen) atoms. The smallest absolute Gasteiger partial charge is 0.00275 e. The molecule has 0 aromatic carbocycles. The first-order valence-corrected chi connectivity index (χ1v) is 5.75. The molecule has 1 heteroatoms. The van der Waals surface area contributed by atoms with Gasteiger partial charge >= 0.3 is 0 Å². The summed E-state index contributed by atoms with van der Waals surface area (Å²) in [5.74, 6) is 0. The zero-order valence-electron chi connectivity index (χ0n) is 11.0. The van der Waals surface area contributed by atoms with Gasteiger partial charge in [-0.3, -0.25) is 0 Å². The molecule has 0 N–H and O–H groups in total. The summed E-state index contributed by atoms with van der Waals surface area (Å²) >= 11 is 0. The van der Waals surface area contributed by atoms with E-state index < -0.39 is 0 Å². The molecule has 0 aromatic rings. The maximum atomic E-state index is 2.18. The van der Waals surface area contributed by atoms with Crippen LogP contribution >= 0.6 is 0 Å². The summed E-state index contributed by atoms with van der Waals surface area (Å²) in [6, 6.07) is 0. The van der Waals surface area contributed by atoms with Crippen LogP contribution < -0.4 is 0 Å². The van der Waals surface area contributed by atoms with Crippen LogP contribution in [0, 0.1) is 0 Å². The second-order valence-electron chi connectivity index (χ2n) is 3.51. The average Bonchev–Trinajstić information content (AvgIpc) is 2.06. The Morgan fingerprint density at radius 2 is 1.00 bits per heavy atom. The third-order valence-electron chi connectivity index (χ3n) is 1.17. The van der Waals surface area contributed by atoms with Gasteiger partial charge in [-0.25, -0.2) is 0 Å². The molecule has 0 rings (SSSR count). The van der Waals surface area contributed by atoms with Crippen molar-refractivity contribution in [1.29, 1.82) is 0 Å². The number of hydrogen-bond donors (Lipinski definition) is 0. The van der Waals surface area contributed by atoms with Gasteiger partial charge in [-0.2, -0.15) is 0 Å². The Balaban J connectivity index is -0.000000125. The minimum Gasteiger partial charge on any atom is -0.309 e. The fourth-order valence-corrected chi connectivity index (χ4v) is 0.447. The maximum Gasteiger partial charge on any atom is -0.00275 e. The highest BCUT2D eigenvalue weighted by atomic mass is 15.0. The maximum absolute atomic E-state index is 2.18. The summed E-state index contributed by atoms with van der Waals surface area (Å²) in [7, 11) is 4.17. The van der Waals surface area contributed by atoms with Crippen LogP contribution in [0.25, 0.3) is 0 Å². The Kier molecular flexibility index (Phi) is 32.6. The molecule has 84 valence electrons. The van der Waals surface area contributed by atoms with Crippen molar-refractivity contribution < 1.29 is 0 Å². The molecule has 0 heterocycles. The lowest BCUT2D eigenvalue weighted by Crippen LogP contribution is -2.11. The Hall–Kier alpha value is -0.0400. The lowest BCUT2D eigenvalue weighted by atomic mass is 10.4. The van der Waals surface area contributed by atoms with Crippen LogP contribution in [0.5, 0.6) is 0 Å². The minimum atomic E-state index is 1.21. The standard InChI is InChI=1S/C5H13N.C4H10.C3H8/c1-4-5-6(2)3;1-3-4-2;1-3-2/h4-5H2,1-3H3;3-4H2,1-2H3;3H2,1-2H3. The van der Waals surface area contributed by atoms with E-state index in [2.05, 4.69) is 53.6 Å². The molecule has 0 unspecified atom stereocenters. The van der Waals surface area contributed by atoms with Gasteiger partial charge in [-0.15, -0.1) is 0 Å². The molecule has 0 atom stereocenters. The summed E-state index contributed by atoms with van der Waals surface area (Å²) < 4.78 is 0. The van der Waals surface area contributed by atoms with E-state index in [-0.39, 0.29) is 0 Å². The van der Waals surface area contributed by atoms with E-state index in [9.17, 15) is 0 Å². The molecule has 1 nitrogen and oxygen atoms in total. The quantitative estimate of drug-likeness (QED) is 0.644. The van der Waals surface area contributed by atoms with Crippen LogP contribution in [0.2, 0.25) is 0 Å². The van der Waals surface area contributed by atoms with Crippen molar-refractivity contribution in [2.75, 3.05) is 20.6 Å². The number of hydrogen-bond acceptors (Lipinski definition) is 1. The third-order valence-corrected chi connectivity index (χ3v) is 1.17. The van der Waals surface area contributed by atoms with E-state index in [0.717, 1.165) is 0 Å². The zero-order valence-corrected chi connectivity index (χ0v) is 11.0. The highest BCUT2D eigenvalue weighted by Crippen LogP contribution is 1.77. The van der Waals surface area contributed by atoms with Gasteiger partial charge in [0.2, 0.25) is 0 Å². The molecule has 0 amide bonds. The van der Waals surface area contributed by atoms with Gasteiger partial charge in [-0.05, 0) is 27.1 Å². The Morgan fingerprint density at radius 1 is 0.692 bits per heavy atom. The molecule has 0 aliphatic heterocycles. The van der Waals surface area contributed by atoms with Crippen LogP contribution in [0.3, 0.4) is 0 Å². The Labute approximate surface area is 86.5 Å². The molecular formula is C12H31N. The first kappa shape index (κ1) is 18.7. The van der Waals surface area contributed by atoms with Gasteiger partial charge < -0.3 is 4.90 Å². The summed E-state index contributed by atoms with van der Waals surface area (Å²) in [5, 5.41) is 0. The Bertz CT molecular complexity index is 49.1. The minimum absolute atomic E-state index is 1.21. The summed E-state index contributed by atoms with van der Waals surface area (Å²) in [4.78, 5) is 2.18. The van der Waals surface area contributed by atoms with E-state index in [1.165, 1.54) is 32.2 Å². The zero-order chi connectivity index (χ0) is 11.1. The molecule has 0 fully saturated rings. The van der Waals surface area contributed by atoms with Crippen molar-refractivity contribution in [3.05, 3.63) is 0 Å². The monoisotopic (exact) mass is 189 g/mol. The molecule has 0 bridgehead atoms. The van der Waals surface area contributed by atoms with Gasteiger partial charge in [-0.1, -0.05) is 53.9 Å². The van der Waals surface area contributed by atoms with Crippen molar-refractivity contribution in [3.8, 4) is 0 Å². The second kappa shape index (κ2) is 22.7. The largest absolute Gasteiger partial charge is 0.309 e. The van der Waals surface area contributed by atoms with E-state index in [4.69, 9.17) is 0 Å². The molecular weight excluding hydrogens is 158 g/mol. The average molecular weight is 189 g/mol. The molecule has 0 radical (unpaired) electrons. The van der Waals surface area contributed by atoms with Crippen LogP contribution in [0.15, 0.2) is 0 Å². The van der Waals surface area contributed by atoms with Gasteiger partial charge in [0.25, 0.3) is 0 Å². The molecule has 0 aromatic heterocycles. The van der Waals surface area contributed by atoms with E-state index in [0.29, 0.717) is 0 Å². The van der Waals surface area contributed by atoms with Gasteiger partial charge in [0.05, 0.1) is 0 Å². The molecule has 0 saturated carbocycles. The van der Waals surface area contributed by atoms with Crippen LogP contribution in [0.4, 0.5) is 0 Å². The first-order chi connectivity index (χ1) is 6.10. The van der Waals surface area contributed by atoms with E-state index in [1.807, 2.05) is 0 Å². The van der Waals surface area contributed by atoms with Crippen LogP contribution in [0.1, 0.15) is 60.3 Å². The summed E-state index contributed by atoms with van der Waals surface area (Å²) in [5.41, 5.74) is 0. The summed E-state index contributed by atoms with van der Waals surface area (Å²) in [6.07, 6.45) is 5.15. The molecule has 0 aliphatic rings. The first-order valence-electron chi connectivity index (χ1n) is 5.75. The van der Waals surface area contributed by atoms with Crippen molar-refractivity contribution >= 4 is 0 Å². The normalized spacial score (nSPS) is 8.31. The Morgan fingerprint density at radius 3 is 1.00 bits per heavy atom. The van der Waals surface area contributed by atoms with Crippen molar-refractivity contribution in [2.45, 2.75) is 60.3 Å². The molecule has 0 spiro atoms. The van der Waals surface area contributed by atoms with Crippen molar-refractivity contribution in [1.82, 2.24) is 4.90 Å². The van der Waals surface area contributed by atoms with Gasteiger partial charge in [0.15, 0.2) is 0 Å². The van der Waals surface area contributed by atoms with Crippen molar-refractivity contribution in [3.63, 3.8) is 0 Å². The second-order valence-corrected chi connectivity index (χ2v) is 3.51. The van der Waals surface area contributed by atoms with Crippen molar-refractivity contribution in [2.24, 2.45) is 0 Å². The molecule has 0 saturated heterocycles. The predicted molar refractivity (Wildman–Crippen MR) is 65.4 cm³/mol. The lowest BCUT2D eigenvalue weighted by Gasteiger charge is -2.03. The summed E-state index contributed by atoms with van der Waals surface area (Å²) in [6.45, 7) is 12.0. The van der Waals surface area contributed by atoms with E-state index >= 15 is 0 Å². The fourth-order valence-electron chi connectivity index (χ4n) is 0.447. The fraction of sp³-hybridized carbons (Fsp3) is 1.00. The highest BCUT2D eigenvalue weighted by molar-refractivity contribution is 4.34. The van der Waals surface area contributed by atoms with E-state index in [1.54, 1.807) is 0 Å². The molecule has 0 aliphatic carbocycles. The van der Waals surface area contributed by atoms with Crippen LogP contribution in [-0.4, -0.2) is 25.5 Å². The van der Waals surface area contributed by atoms with Gasteiger partial charge in [0.1, 0.15) is 0 Å². The number of nitrogens with zero attached hydrogens (tertiary/aromatic N) is 1. The topological polar surface area (TPSA) is 3.24 Å². The van der Waals surface area contributed by atoms with Gasteiger partial charge in [0, 0.05) is 0 Å². The SMILES string of the molecule is CCC.CCCC.CCCN(C)C. The predicted octanol–water partition coefficient (Wildman–Crippen LogP) is 4.18. The lowest BCUT2D eigenvalue weighted by molar-refractivity contribution is 0.408. The highest BCUT2D eigenvalue weighted by Gasteiger charge is 1.79. The van der Waals surface area contributed by atoms with Crippen LogP contribution in [-0.2, 0) is 0 Å². The number of unbranched alkanes of at least 4 members (excludes halogenated alkanes) is 1. The number of rotatable bonds is 3.